The maximum atomic E-state index is 11.3. The Balaban J connectivity index is 1.61. The Hall–Kier alpha value is -1.97. The smallest absolute Gasteiger partial charge is 0.308 e. The summed E-state index contributed by atoms with van der Waals surface area (Å²) in [5, 5.41) is 2.26. The molecule has 2 aromatic rings. The van der Waals surface area contributed by atoms with Gasteiger partial charge in [-0.15, -0.1) is 0 Å². The number of esters is 1. The summed E-state index contributed by atoms with van der Waals surface area (Å²) in [6.07, 6.45) is 4.03. The Kier molecular flexibility index (Phi) is 7.17. The number of carbonyl (C=O) groups is 1. The molecule has 0 unspecified atom stereocenters. The van der Waals surface area contributed by atoms with Crippen molar-refractivity contribution in [3.05, 3.63) is 36.4 Å². The number of hydrogen-bond donors (Lipinski definition) is 0. The van der Waals surface area contributed by atoms with Crippen molar-refractivity contribution in [3.8, 4) is 5.75 Å². The van der Waals surface area contributed by atoms with Gasteiger partial charge < -0.3 is 9.47 Å². The summed E-state index contributed by atoms with van der Waals surface area (Å²) in [6.45, 7) is 4.92. The molecule has 0 saturated heterocycles. The molecule has 24 heavy (non-hydrogen) atoms. The van der Waals surface area contributed by atoms with E-state index in [1.54, 1.807) is 0 Å². The Morgan fingerprint density at radius 2 is 1.62 bits per heavy atom. The van der Waals surface area contributed by atoms with Crippen molar-refractivity contribution in [1.82, 2.24) is 0 Å². The molecule has 0 bridgehead atoms. The molecule has 0 aliphatic rings. The SMILES string of the molecule is [B]c1ccc2cc(OCCCCCCOC(=O)C(C)C)ccc2c1. The summed E-state index contributed by atoms with van der Waals surface area (Å²) in [5.41, 5.74) is 0.773. The first-order valence-corrected chi connectivity index (χ1v) is 8.65. The van der Waals surface area contributed by atoms with E-state index in [-0.39, 0.29) is 11.9 Å². The van der Waals surface area contributed by atoms with Gasteiger partial charge in [-0.3, -0.25) is 4.79 Å². The molecule has 4 heteroatoms. The third kappa shape index (κ3) is 5.91. The van der Waals surface area contributed by atoms with Gasteiger partial charge in [0.25, 0.3) is 0 Å². The second-order valence-corrected chi connectivity index (χ2v) is 6.35. The Morgan fingerprint density at radius 1 is 0.958 bits per heavy atom. The lowest BCUT2D eigenvalue weighted by molar-refractivity contribution is -0.147. The molecule has 126 valence electrons. The lowest BCUT2D eigenvalue weighted by atomic mass is 9.93. The van der Waals surface area contributed by atoms with E-state index >= 15 is 0 Å². The van der Waals surface area contributed by atoms with Gasteiger partial charge in [-0.1, -0.05) is 43.6 Å². The van der Waals surface area contributed by atoms with Gasteiger partial charge in [0, 0.05) is 0 Å². The molecule has 2 rings (SSSR count). The van der Waals surface area contributed by atoms with E-state index in [2.05, 4.69) is 0 Å². The van der Waals surface area contributed by atoms with Crippen LogP contribution in [0.3, 0.4) is 0 Å². The number of rotatable bonds is 9. The van der Waals surface area contributed by atoms with Gasteiger partial charge >= 0.3 is 5.97 Å². The Bertz CT molecular complexity index is 667. The highest BCUT2D eigenvalue weighted by Gasteiger charge is 2.07. The summed E-state index contributed by atoms with van der Waals surface area (Å²) in [6, 6.07) is 11.9. The summed E-state index contributed by atoms with van der Waals surface area (Å²) in [4.78, 5) is 11.3. The predicted octanol–water partition coefficient (Wildman–Crippen LogP) is 3.77. The van der Waals surface area contributed by atoms with Crippen LogP contribution in [0.15, 0.2) is 36.4 Å². The number of hydrogen-bond acceptors (Lipinski definition) is 3. The van der Waals surface area contributed by atoms with Crippen molar-refractivity contribution in [1.29, 1.82) is 0 Å². The third-order valence-electron chi connectivity index (χ3n) is 3.86. The molecule has 0 atom stereocenters. The monoisotopic (exact) mass is 324 g/mol. The minimum absolute atomic E-state index is 0.0446. The molecule has 0 amide bonds. The van der Waals surface area contributed by atoms with E-state index in [1.165, 1.54) is 0 Å². The summed E-state index contributed by atoms with van der Waals surface area (Å²) < 4.78 is 11.0. The lowest BCUT2D eigenvalue weighted by Gasteiger charge is -2.08. The molecule has 2 radical (unpaired) electrons. The summed E-state index contributed by atoms with van der Waals surface area (Å²) in [7, 11) is 5.78. The van der Waals surface area contributed by atoms with Crippen molar-refractivity contribution in [2.24, 2.45) is 5.92 Å². The van der Waals surface area contributed by atoms with Crippen molar-refractivity contribution < 1.29 is 14.3 Å². The van der Waals surface area contributed by atoms with Crippen LogP contribution in [0.25, 0.3) is 10.8 Å². The minimum Gasteiger partial charge on any atom is -0.494 e. The fourth-order valence-electron chi connectivity index (χ4n) is 2.42. The highest BCUT2D eigenvalue weighted by molar-refractivity contribution is 6.33. The average Bonchev–Trinajstić information content (AvgIpc) is 2.56. The lowest BCUT2D eigenvalue weighted by Crippen LogP contribution is -2.12. The molecule has 2 aromatic carbocycles. The van der Waals surface area contributed by atoms with E-state index in [1.807, 2.05) is 50.2 Å². The van der Waals surface area contributed by atoms with Gasteiger partial charge in [-0.2, -0.15) is 0 Å². The summed E-state index contributed by atoms with van der Waals surface area (Å²) >= 11 is 0. The van der Waals surface area contributed by atoms with E-state index in [9.17, 15) is 4.79 Å². The zero-order valence-electron chi connectivity index (χ0n) is 14.6. The van der Waals surface area contributed by atoms with Gasteiger partial charge in [0.05, 0.1) is 19.1 Å². The van der Waals surface area contributed by atoms with Crippen LogP contribution in [0.1, 0.15) is 39.5 Å². The topological polar surface area (TPSA) is 35.5 Å². The number of ether oxygens (including phenoxy) is 2. The van der Waals surface area contributed by atoms with Gasteiger partial charge in [-0.05, 0) is 48.6 Å². The molecule has 0 heterocycles. The maximum absolute atomic E-state index is 11.3. The van der Waals surface area contributed by atoms with Crippen LogP contribution in [-0.4, -0.2) is 27.0 Å². The van der Waals surface area contributed by atoms with Crippen LogP contribution in [0.2, 0.25) is 0 Å². The summed E-state index contributed by atoms with van der Waals surface area (Å²) in [5.74, 6) is 0.728. The van der Waals surface area contributed by atoms with E-state index in [4.69, 9.17) is 17.3 Å². The molecule has 0 spiro atoms. The molecule has 0 saturated carbocycles. The van der Waals surface area contributed by atoms with Crippen molar-refractivity contribution >= 4 is 30.1 Å². The van der Waals surface area contributed by atoms with Crippen LogP contribution < -0.4 is 10.2 Å². The van der Waals surface area contributed by atoms with E-state index < -0.39 is 0 Å². The molecular formula is C20H25BO3. The molecule has 0 aromatic heterocycles. The Morgan fingerprint density at radius 3 is 2.38 bits per heavy atom. The largest absolute Gasteiger partial charge is 0.494 e. The van der Waals surface area contributed by atoms with Crippen LogP contribution in [-0.2, 0) is 9.53 Å². The quantitative estimate of drug-likeness (QED) is 0.400. The maximum Gasteiger partial charge on any atom is 0.308 e. The van der Waals surface area contributed by atoms with Crippen LogP contribution in [0.5, 0.6) is 5.75 Å². The highest BCUT2D eigenvalue weighted by atomic mass is 16.5. The normalized spacial score (nSPS) is 11.0. The average molecular weight is 324 g/mol. The minimum atomic E-state index is -0.114. The molecule has 0 N–H and O–H groups in total. The molecule has 0 aliphatic heterocycles. The first kappa shape index (κ1) is 18.4. The van der Waals surface area contributed by atoms with Crippen LogP contribution >= 0.6 is 0 Å². The number of carbonyl (C=O) groups excluding carboxylic acids is 1. The number of unbranched alkanes of at least 4 members (excludes halogenated alkanes) is 3. The third-order valence-corrected chi connectivity index (χ3v) is 3.86. The molecule has 3 nitrogen and oxygen atoms in total. The van der Waals surface area contributed by atoms with Crippen molar-refractivity contribution in [2.75, 3.05) is 13.2 Å². The second-order valence-electron chi connectivity index (χ2n) is 6.35. The first-order valence-electron chi connectivity index (χ1n) is 8.65. The fraction of sp³-hybridized carbons (Fsp3) is 0.450. The van der Waals surface area contributed by atoms with Gasteiger partial charge in [0.2, 0.25) is 0 Å². The molecule has 0 fully saturated rings. The predicted molar refractivity (Wildman–Crippen MR) is 99.1 cm³/mol. The van der Waals surface area contributed by atoms with Gasteiger partial charge in [0.15, 0.2) is 0 Å². The Labute approximate surface area is 145 Å². The number of fused-ring (bicyclic) bond motifs is 1. The van der Waals surface area contributed by atoms with Gasteiger partial charge in [0.1, 0.15) is 13.6 Å². The van der Waals surface area contributed by atoms with Crippen molar-refractivity contribution in [3.63, 3.8) is 0 Å². The van der Waals surface area contributed by atoms with E-state index in [0.29, 0.717) is 13.2 Å². The van der Waals surface area contributed by atoms with Crippen molar-refractivity contribution in [2.45, 2.75) is 39.5 Å². The second kappa shape index (κ2) is 9.36. The first-order chi connectivity index (χ1) is 11.6. The standard InChI is InChI=1S/C20H25BO3/c1-15(2)20(22)24-12-6-4-3-5-11-23-19-10-8-16-13-18(21)9-7-17(16)14-19/h7-10,13-15H,3-6,11-12H2,1-2H3. The van der Waals surface area contributed by atoms with E-state index in [0.717, 1.165) is 47.7 Å². The van der Waals surface area contributed by atoms with Gasteiger partial charge in [-0.25, -0.2) is 0 Å². The fourth-order valence-corrected chi connectivity index (χ4v) is 2.42. The molecular weight excluding hydrogens is 299 g/mol. The zero-order valence-corrected chi connectivity index (χ0v) is 14.6. The van der Waals surface area contributed by atoms with Crippen LogP contribution in [0.4, 0.5) is 0 Å². The zero-order chi connectivity index (χ0) is 17.4. The molecule has 0 aliphatic carbocycles. The number of benzene rings is 2. The highest BCUT2D eigenvalue weighted by Crippen LogP contribution is 2.20. The van der Waals surface area contributed by atoms with Crippen LogP contribution in [0, 0.1) is 5.92 Å².